The molecule has 0 unspecified atom stereocenters. The molecule has 1 aromatic carbocycles. The molecule has 0 atom stereocenters. The second-order valence-electron chi connectivity index (χ2n) is 6.59. The van der Waals surface area contributed by atoms with Crippen LogP contribution in [0.25, 0.3) is 11.0 Å². The summed E-state index contributed by atoms with van der Waals surface area (Å²) in [7, 11) is 0. The summed E-state index contributed by atoms with van der Waals surface area (Å²) in [6, 6.07) is 8.61. The maximum Gasteiger partial charge on any atom is 1.00 e. The molecule has 1 amide bonds. The average molecular weight is 490 g/mol. The van der Waals surface area contributed by atoms with E-state index in [-0.39, 0.29) is 69.5 Å². The minimum atomic E-state index is -0.833. The molecule has 0 radical (unpaired) electrons. The number of fused-ring (bicyclic) bond motifs is 1. The molecule has 0 aliphatic carbocycles. The predicted molar refractivity (Wildman–Crippen MR) is 118 cm³/mol. The number of carboxylic acid groups (broad SMARTS) is 1. The topological polar surface area (TPSA) is 136 Å². The van der Waals surface area contributed by atoms with Crippen molar-refractivity contribution in [1.82, 2.24) is 19.9 Å². The van der Waals surface area contributed by atoms with Crippen molar-refractivity contribution in [2.24, 2.45) is 0 Å². The van der Waals surface area contributed by atoms with Gasteiger partial charge in [0.05, 0.1) is 18.3 Å². The minimum absolute atomic E-state index is 0. The molecule has 0 bridgehead atoms. The molecule has 0 fully saturated rings. The zero-order valence-electron chi connectivity index (χ0n) is 17.8. The van der Waals surface area contributed by atoms with E-state index >= 15 is 0 Å². The van der Waals surface area contributed by atoms with Crippen LogP contribution in [0.4, 0.5) is 5.69 Å². The molecular formula is C22H17ClKN5O4. The van der Waals surface area contributed by atoms with Crippen LogP contribution in [0.5, 0.6) is 0 Å². The molecule has 0 aliphatic heterocycles. The van der Waals surface area contributed by atoms with Crippen LogP contribution in [0, 0.1) is 0 Å². The molecule has 2 N–H and O–H groups in total. The number of nitrogens with one attached hydrogen (secondary N) is 1. The third kappa shape index (κ3) is 7.81. The fourth-order valence-corrected chi connectivity index (χ4v) is 2.90. The van der Waals surface area contributed by atoms with Crippen molar-refractivity contribution in [2.45, 2.75) is 13.3 Å². The number of aromatic nitrogens is 4. The van der Waals surface area contributed by atoms with Gasteiger partial charge in [-0.15, -0.1) is 0 Å². The first-order valence-corrected chi connectivity index (χ1v) is 9.66. The van der Waals surface area contributed by atoms with Gasteiger partial charge in [-0.1, -0.05) is 29.9 Å². The standard InChI is InChI=1S/C20H14ClN5O2.C2H4O2.K/c21-14-3-1-12(2-4-14)5-18(27)26-15-6-13(7-22-8-15)19(28)16-10-24-20-17(16)9-23-11-25-20;1-2(3)4;/h1-4,6-11H,5H2,(H2,23,24,25,26,27,28);1H3,(H,3,4);/q;;+1/p-1. The fourth-order valence-electron chi connectivity index (χ4n) is 2.77. The van der Waals surface area contributed by atoms with Gasteiger partial charge in [0.1, 0.15) is 0 Å². The molecule has 9 nitrogen and oxygen atoms in total. The summed E-state index contributed by atoms with van der Waals surface area (Å²) in [5, 5.41) is 11.4. The number of anilines is 1. The number of carboxylic acids is 1. The number of pyridine rings is 1. The summed E-state index contributed by atoms with van der Waals surface area (Å²) in [5.41, 5.74) is 2.45. The molecule has 33 heavy (non-hydrogen) atoms. The number of nitrogens with zero attached hydrogens (tertiary/aromatic N) is 4. The molecule has 3 heterocycles. The third-order valence-corrected chi connectivity index (χ3v) is 4.36. The number of amides is 1. The first-order valence-electron chi connectivity index (χ1n) is 9.28. The van der Waals surface area contributed by atoms with Crippen molar-refractivity contribution < 1.29 is 70.9 Å². The van der Waals surface area contributed by atoms with Crippen molar-refractivity contribution in [3.05, 3.63) is 83.2 Å². The molecule has 11 heteroatoms. The van der Waals surface area contributed by atoms with E-state index in [4.69, 9.17) is 21.5 Å². The zero-order valence-corrected chi connectivity index (χ0v) is 21.7. The summed E-state index contributed by atoms with van der Waals surface area (Å²) in [6.07, 6.45) is 7.51. The van der Waals surface area contributed by atoms with Crippen molar-refractivity contribution in [2.75, 3.05) is 5.32 Å². The van der Waals surface area contributed by atoms with Crippen LogP contribution in [0.2, 0.25) is 5.02 Å². The van der Waals surface area contributed by atoms with E-state index < -0.39 is 5.97 Å². The molecule has 0 saturated heterocycles. The molecule has 162 valence electrons. The van der Waals surface area contributed by atoms with E-state index in [2.05, 4.69) is 25.3 Å². The Morgan fingerprint density at radius 2 is 1.79 bits per heavy atom. The molecule has 0 aliphatic rings. The van der Waals surface area contributed by atoms with E-state index in [9.17, 15) is 9.59 Å². The van der Waals surface area contributed by atoms with E-state index in [1.165, 1.54) is 24.9 Å². The van der Waals surface area contributed by atoms with Gasteiger partial charge in [-0.05, 0) is 29.4 Å². The smallest absolute Gasteiger partial charge is 0.481 e. The van der Waals surface area contributed by atoms with Gasteiger partial charge in [0.25, 0.3) is 5.97 Å². The number of hydrogen-bond donors (Lipinski definition) is 2. The molecule has 0 saturated carbocycles. The van der Waals surface area contributed by atoms with Crippen LogP contribution < -0.4 is 61.7 Å². The number of aliphatic carboxylic acids is 1. The number of halogens is 1. The summed E-state index contributed by atoms with van der Waals surface area (Å²) in [5.74, 6) is -1.32. The quantitative estimate of drug-likeness (QED) is 0.298. The molecule has 0 spiro atoms. The Labute approximate surface area is 236 Å². The number of carbonyl (C=O) groups is 3. The Morgan fingerprint density at radius 1 is 1.09 bits per heavy atom. The van der Waals surface area contributed by atoms with Crippen LogP contribution in [-0.4, -0.2) is 37.7 Å². The Morgan fingerprint density at radius 3 is 2.48 bits per heavy atom. The minimum Gasteiger partial charge on any atom is -0.481 e. The van der Waals surface area contributed by atoms with Crippen LogP contribution in [0.1, 0.15) is 28.4 Å². The second-order valence-corrected chi connectivity index (χ2v) is 7.03. The van der Waals surface area contributed by atoms with E-state index in [0.29, 0.717) is 32.9 Å². The maximum absolute atomic E-state index is 12.8. The van der Waals surface area contributed by atoms with E-state index in [1.54, 1.807) is 36.5 Å². The monoisotopic (exact) mass is 489 g/mol. The molecule has 4 aromatic rings. The number of ketones is 1. The molecule has 4 rings (SSSR count). The fraction of sp³-hybridized carbons (Fsp3) is 0.0909. The number of rotatable bonds is 5. The number of carbonyl (C=O) groups excluding carboxylic acids is 2. The van der Waals surface area contributed by atoms with Gasteiger partial charge in [0.2, 0.25) is 5.91 Å². The van der Waals surface area contributed by atoms with Gasteiger partial charge in [0, 0.05) is 47.2 Å². The van der Waals surface area contributed by atoms with Crippen molar-refractivity contribution in [1.29, 1.82) is 0 Å². The largest absolute Gasteiger partial charge is 1.00 e. The Bertz CT molecular complexity index is 1270. The Balaban J connectivity index is 0.000000714. The average Bonchev–Trinajstić information content (AvgIpc) is 3.19. The SMILES string of the molecule is CC(=O)O.O=C(Cc1ccc(Cl)cc1)Nc1cncc(C(=O)c2c[n-]c3ncncc23)c1.[K+]. The third-order valence-electron chi connectivity index (χ3n) is 4.10. The Kier molecular flexibility index (Phi) is 10.3. The van der Waals surface area contributed by atoms with Gasteiger partial charge in [-0.3, -0.25) is 24.4 Å². The zero-order chi connectivity index (χ0) is 23.1. The predicted octanol–water partition coefficient (Wildman–Crippen LogP) is 0.142. The Hall–Kier alpha value is -2.47. The van der Waals surface area contributed by atoms with E-state index in [1.807, 2.05) is 0 Å². The number of hydrogen-bond acceptors (Lipinski definition) is 6. The normalized spacial score (nSPS) is 9.88. The van der Waals surface area contributed by atoms with Crippen LogP contribution in [0.15, 0.2) is 61.4 Å². The first-order chi connectivity index (χ1) is 15.3. The van der Waals surface area contributed by atoms with Gasteiger partial charge in [0.15, 0.2) is 5.78 Å². The summed E-state index contributed by atoms with van der Waals surface area (Å²) in [4.78, 5) is 50.2. The maximum atomic E-state index is 12.8. The van der Waals surface area contributed by atoms with Crippen molar-refractivity contribution in [3.63, 3.8) is 0 Å². The van der Waals surface area contributed by atoms with Crippen LogP contribution >= 0.6 is 11.6 Å². The van der Waals surface area contributed by atoms with Crippen LogP contribution in [-0.2, 0) is 16.0 Å². The molecule has 3 aromatic heterocycles. The number of benzene rings is 1. The molecular weight excluding hydrogens is 473 g/mol. The summed E-state index contributed by atoms with van der Waals surface area (Å²) in [6.45, 7) is 1.08. The van der Waals surface area contributed by atoms with Crippen molar-refractivity contribution >= 4 is 46.0 Å². The summed E-state index contributed by atoms with van der Waals surface area (Å²) >= 11 is 5.85. The van der Waals surface area contributed by atoms with Crippen molar-refractivity contribution in [3.8, 4) is 0 Å². The summed E-state index contributed by atoms with van der Waals surface area (Å²) < 4.78 is 0. The first kappa shape index (κ1) is 26.8. The second kappa shape index (κ2) is 12.7. The van der Waals surface area contributed by atoms with Gasteiger partial charge >= 0.3 is 51.4 Å². The van der Waals surface area contributed by atoms with E-state index in [0.717, 1.165) is 12.5 Å². The van der Waals surface area contributed by atoms with Gasteiger partial charge in [-0.25, -0.2) is 0 Å². The van der Waals surface area contributed by atoms with Crippen LogP contribution in [0.3, 0.4) is 0 Å². The van der Waals surface area contributed by atoms with Gasteiger partial charge < -0.3 is 20.4 Å². The van der Waals surface area contributed by atoms with Gasteiger partial charge in [-0.2, -0.15) is 0 Å².